The van der Waals surface area contributed by atoms with Gasteiger partial charge in [-0.1, -0.05) is 6.07 Å². The van der Waals surface area contributed by atoms with Gasteiger partial charge in [0.2, 0.25) is 0 Å². The maximum absolute atomic E-state index is 12.3. The van der Waals surface area contributed by atoms with Crippen LogP contribution in [-0.2, 0) is 0 Å². The van der Waals surface area contributed by atoms with Gasteiger partial charge in [0.05, 0.1) is 28.9 Å². The number of hydrogen-bond donors (Lipinski definition) is 0. The highest BCUT2D eigenvalue weighted by atomic mass is 16.5. The Morgan fingerprint density at radius 1 is 1.25 bits per heavy atom. The van der Waals surface area contributed by atoms with Crippen molar-refractivity contribution in [2.24, 2.45) is 0 Å². The average Bonchev–Trinajstić information content (AvgIpc) is 2.92. The van der Waals surface area contributed by atoms with Crippen LogP contribution in [0.15, 0.2) is 30.3 Å². The summed E-state index contributed by atoms with van der Waals surface area (Å²) in [6.45, 7) is 5.75. The van der Waals surface area contributed by atoms with Crippen LogP contribution >= 0.6 is 0 Å². The maximum atomic E-state index is 12.3. The molecule has 0 unspecified atom stereocenters. The summed E-state index contributed by atoms with van der Waals surface area (Å²) < 4.78 is 6.08. The third kappa shape index (κ3) is 3.18. The molecule has 6 nitrogen and oxygen atoms in total. The molecule has 2 aromatic rings. The highest BCUT2D eigenvalue weighted by molar-refractivity contribution is 5.98. The van der Waals surface area contributed by atoms with Gasteiger partial charge >= 0.3 is 0 Å². The quantitative estimate of drug-likeness (QED) is 0.821. The van der Waals surface area contributed by atoms with Crippen molar-refractivity contribution in [2.45, 2.75) is 38.8 Å². The minimum atomic E-state index is 0.00938. The Balaban J connectivity index is 1.46. The first kappa shape index (κ1) is 18.3. The summed E-state index contributed by atoms with van der Waals surface area (Å²) in [5, 5.41) is 9.03. The van der Waals surface area contributed by atoms with E-state index >= 15 is 0 Å². The number of aryl methyl sites for hydroxylation is 1. The molecule has 1 aromatic carbocycles. The molecule has 2 aliphatic heterocycles. The third-order valence-electron chi connectivity index (χ3n) is 5.75. The first-order valence-corrected chi connectivity index (χ1v) is 9.68. The van der Waals surface area contributed by atoms with Gasteiger partial charge in [-0.05, 0) is 43.7 Å². The zero-order chi connectivity index (χ0) is 19.8. The first-order valence-electron chi connectivity index (χ1n) is 9.68. The molecule has 1 atom stereocenters. The molecule has 0 radical (unpaired) electrons. The molecular weight excluding hydrogens is 352 g/mol. The molecule has 1 aromatic heterocycles. The molecule has 0 bridgehead atoms. The molecule has 28 heavy (non-hydrogen) atoms. The summed E-state index contributed by atoms with van der Waals surface area (Å²) in [6, 6.07) is 11.4. The van der Waals surface area contributed by atoms with Crippen LogP contribution in [-0.4, -0.2) is 42.0 Å². The van der Waals surface area contributed by atoms with E-state index < -0.39 is 0 Å². The third-order valence-corrected chi connectivity index (χ3v) is 5.75. The van der Waals surface area contributed by atoms with Gasteiger partial charge in [0.25, 0.3) is 5.91 Å². The summed E-state index contributed by atoms with van der Waals surface area (Å²) in [6.07, 6.45) is 1.92. The first-order chi connectivity index (χ1) is 13.5. The number of ether oxygens (including phenoxy) is 1. The van der Waals surface area contributed by atoms with E-state index in [0.717, 1.165) is 54.3 Å². The van der Waals surface area contributed by atoms with Crippen molar-refractivity contribution < 1.29 is 9.53 Å². The van der Waals surface area contributed by atoms with Crippen molar-refractivity contribution in [3.63, 3.8) is 0 Å². The minimum Gasteiger partial charge on any atom is -0.490 e. The van der Waals surface area contributed by atoms with Crippen LogP contribution in [0.1, 0.15) is 53.0 Å². The lowest BCUT2D eigenvalue weighted by molar-refractivity contribution is 0.0783. The Bertz CT molecular complexity index is 957. The highest BCUT2D eigenvalue weighted by Crippen LogP contribution is 2.34. The largest absolute Gasteiger partial charge is 0.490 e. The minimum absolute atomic E-state index is 0.00938. The number of fused-ring (bicyclic) bond motifs is 1. The van der Waals surface area contributed by atoms with Gasteiger partial charge in [-0.25, -0.2) is 4.98 Å². The molecule has 1 amide bonds. The summed E-state index contributed by atoms with van der Waals surface area (Å²) in [5.74, 6) is 1.77. The van der Waals surface area contributed by atoms with Crippen LogP contribution < -0.4 is 9.64 Å². The fourth-order valence-corrected chi connectivity index (χ4v) is 3.99. The molecule has 1 saturated heterocycles. The Morgan fingerprint density at radius 2 is 2.00 bits per heavy atom. The van der Waals surface area contributed by atoms with Crippen LogP contribution in [0.4, 0.5) is 5.82 Å². The standard InChI is InChI=1S/C22H24N4O2/c1-14-11-19-20(15(2)25(3)22(19)27)24-21(14)26-9-7-17(8-10-26)28-18-6-4-5-16(12-18)13-23/h4-6,11-12,15,17H,7-10H2,1-3H3/t15-/m0/s1. The second kappa shape index (κ2) is 7.16. The van der Waals surface area contributed by atoms with Crippen molar-refractivity contribution in [3.05, 3.63) is 52.7 Å². The number of pyridine rings is 1. The van der Waals surface area contributed by atoms with Gasteiger partial charge in [-0.3, -0.25) is 4.79 Å². The Morgan fingerprint density at radius 3 is 2.71 bits per heavy atom. The molecule has 0 spiro atoms. The molecule has 4 rings (SSSR count). The van der Waals surface area contributed by atoms with E-state index in [0.29, 0.717) is 5.56 Å². The number of carbonyl (C=O) groups is 1. The van der Waals surface area contributed by atoms with Gasteiger partial charge < -0.3 is 14.5 Å². The lowest BCUT2D eigenvalue weighted by Crippen LogP contribution is -2.39. The zero-order valence-corrected chi connectivity index (χ0v) is 16.5. The second-order valence-corrected chi connectivity index (χ2v) is 7.60. The summed E-state index contributed by atoms with van der Waals surface area (Å²) in [5.41, 5.74) is 3.25. The van der Waals surface area contributed by atoms with Gasteiger partial charge in [-0.2, -0.15) is 5.26 Å². The monoisotopic (exact) mass is 376 g/mol. The van der Waals surface area contributed by atoms with E-state index in [4.69, 9.17) is 15.0 Å². The van der Waals surface area contributed by atoms with Crippen molar-refractivity contribution in [1.29, 1.82) is 5.26 Å². The number of nitriles is 1. The predicted octanol–water partition coefficient (Wildman–Crippen LogP) is 3.46. The molecule has 6 heteroatoms. The number of piperidine rings is 1. The lowest BCUT2D eigenvalue weighted by atomic mass is 10.1. The van der Waals surface area contributed by atoms with E-state index in [9.17, 15) is 4.79 Å². The molecule has 0 saturated carbocycles. The summed E-state index contributed by atoms with van der Waals surface area (Å²) >= 11 is 0. The predicted molar refractivity (Wildman–Crippen MR) is 107 cm³/mol. The van der Waals surface area contributed by atoms with Gasteiger partial charge in [-0.15, -0.1) is 0 Å². The van der Waals surface area contributed by atoms with E-state index in [1.807, 2.05) is 39.1 Å². The highest BCUT2D eigenvalue weighted by Gasteiger charge is 2.34. The Kier molecular flexibility index (Phi) is 4.68. The number of rotatable bonds is 3. The van der Waals surface area contributed by atoms with Gasteiger partial charge in [0.1, 0.15) is 17.7 Å². The fraction of sp³-hybridized carbons (Fsp3) is 0.409. The molecule has 0 aliphatic carbocycles. The Hall–Kier alpha value is -3.07. The number of carbonyl (C=O) groups excluding carboxylic acids is 1. The fourth-order valence-electron chi connectivity index (χ4n) is 3.99. The van der Waals surface area contributed by atoms with E-state index in [1.54, 1.807) is 17.0 Å². The lowest BCUT2D eigenvalue weighted by Gasteiger charge is -2.34. The van der Waals surface area contributed by atoms with E-state index in [1.165, 1.54) is 0 Å². The second-order valence-electron chi connectivity index (χ2n) is 7.60. The average molecular weight is 376 g/mol. The number of hydrogen-bond acceptors (Lipinski definition) is 5. The smallest absolute Gasteiger partial charge is 0.256 e. The van der Waals surface area contributed by atoms with E-state index in [2.05, 4.69) is 11.0 Å². The topological polar surface area (TPSA) is 69.5 Å². The molecular formula is C22H24N4O2. The zero-order valence-electron chi connectivity index (χ0n) is 16.5. The normalized spacial score (nSPS) is 19.5. The maximum Gasteiger partial charge on any atom is 0.256 e. The molecule has 0 N–H and O–H groups in total. The van der Waals surface area contributed by atoms with Crippen LogP contribution in [0.3, 0.4) is 0 Å². The van der Waals surface area contributed by atoms with Crippen molar-refractivity contribution in [1.82, 2.24) is 9.88 Å². The van der Waals surface area contributed by atoms with Crippen molar-refractivity contribution >= 4 is 11.7 Å². The van der Waals surface area contributed by atoms with E-state index in [-0.39, 0.29) is 18.1 Å². The van der Waals surface area contributed by atoms with Gasteiger partial charge in [0, 0.05) is 33.0 Å². The number of amides is 1. The van der Waals surface area contributed by atoms with Crippen molar-refractivity contribution in [2.75, 3.05) is 25.0 Å². The van der Waals surface area contributed by atoms with Crippen LogP contribution in [0.2, 0.25) is 0 Å². The Labute approximate surface area is 165 Å². The number of aromatic nitrogens is 1. The number of nitrogens with zero attached hydrogens (tertiary/aromatic N) is 4. The van der Waals surface area contributed by atoms with Crippen molar-refractivity contribution in [3.8, 4) is 11.8 Å². The SMILES string of the molecule is Cc1cc2c(nc1N1CCC(Oc3cccc(C#N)c3)CC1)[C@H](C)N(C)C2=O. The number of anilines is 1. The van der Waals surface area contributed by atoms with Crippen LogP contribution in [0, 0.1) is 18.3 Å². The van der Waals surface area contributed by atoms with Crippen LogP contribution in [0.25, 0.3) is 0 Å². The van der Waals surface area contributed by atoms with Crippen LogP contribution in [0.5, 0.6) is 5.75 Å². The van der Waals surface area contributed by atoms with Gasteiger partial charge in [0.15, 0.2) is 0 Å². The molecule has 144 valence electrons. The molecule has 1 fully saturated rings. The molecule has 2 aliphatic rings. The molecule has 3 heterocycles. The number of benzene rings is 1. The summed E-state index contributed by atoms with van der Waals surface area (Å²) in [4.78, 5) is 21.3. The summed E-state index contributed by atoms with van der Waals surface area (Å²) in [7, 11) is 1.83.